The molecule has 25 heavy (non-hydrogen) atoms. The number of halogens is 2. The van der Waals surface area contributed by atoms with Crippen molar-refractivity contribution in [3.05, 3.63) is 58.1 Å². The molecule has 0 aromatic heterocycles. The minimum Gasteiger partial charge on any atom is -0.377 e. The number of alkyl halides is 2. The van der Waals surface area contributed by atoms with E-state index in [9.17, 15) is 23.7 Å². The van der Waals surface area contributed by atoms with Crippen molar-refractivity contribution in [2.24, 2.45) is 0 Å². The number of non-ortho nitro benzene ring substituents is 1. The molecule has 0 aliphatic rings. The number of nitro benzene ring substituents is 1. The average molecular weight is 367 g/mol. The minimum absolute atomic E-state index is 0.144. The van der Waals surface area contributed by atoms with E-state index in [2.05, 4.69) is 5.32 Å². The van der Waals surface area contributed by atoms with Crippen LogP contribution in [-0.4, -0.2) is 30.7 Å². The molecule has 0 spiro atoms. The topological polar surface area (TPSA) is 75.5 Å². The van der Waals surface area contributed by atoms with Crippen LogP contribution >= 0.6 is 11.8 Å². The Hall–Kier alpha value is -2.68. The highest BCUT2D eigenvalue weighted by molar-refractivity contribution is 7.99. The molecule has 0 bridgehead atoms. The summed E-state index contributed by atoms with van der Waals surface area (Å²) in [4.78, 5) is 24.9. The van der Waals surface area contributed by atoms with E-state index in [1.807, 2.05) is 0 Å². The second-order valence-corrected chi connectivity index (χ2v) is 6.27. The number of thioether (sulfide) groups is 1. The van der Waals surface area contributed by atoms with Gasteiger partial charge < -0.3 is 10.2 Å². The van der Waals surface area contributed by atoms with Gasteiger partial charge in [-0.1, -0.05) is 11.8 Å². The summed E-state index contributed by atoms with van der Waals surface area (Å²) in [6, 6.07) is 9.94. The number of nitrogens with zero attached hydrogens (tertiary/aromatic N) is 2. The lowest BCUT2D eigenvalue weighted by molar-refractivity contribution is -0.384. The molecule has 0 radical (unpaired) electrons. The highest BCUT2D eigenvalue weighted by Gasteiger charge is 2.18. The van der Waals surface area contributed by atoms with Crippen LogP contribution in [0.15, 0.2) is 47.4 Å². The van der Waals surface area contributed by atoms with Crippen molar-refractivity contribution in [1.29, 1.82) is 0 Å². The Balaban J connectivity index is 2.25. The third-order valence-corrected chi connectivity index (χ3v) is 3.98. The van der Waals surface area contributed by atoms with Crippen LogP contribution in [0.25, 0.3) is 0 Å². The summed E-state index contributed by atoms with van der Waals surface area (Å²) in [7, 11) is 3.43. The zero-order chi connectivity index (χ0) is 18.6. The Morgan fingerprint density at radius 1 is 1.20 bits per heavy atom. The molecule has 0 atom stereocenters. The molecule has 132 valence electrons. The fraction of sp³-hybridized carbons (Fsp3) is 0.188. The van der Waals surface area contributed by atoms with Gasteiger partial charge >= 0.3 is 0 Å². The number of amides is 1. The maximum absolute atomic E-state index is 12.5. The first-order chi connectivity index (χ1) is 11.8. The van der Waals surface area contributed by atoms with E-state index in [1.165, 1.54) is 42.5 Å². The lowest BCUT2D eigenvalue weighted by Crippen LogP contribution is -2.18. The SMILES string of the molecule is CN(C)c1ccc([N+](=O)[O-])cc1C(=O)Nc1ccc(SC(F)F)cc1. The molecule has 0 heterocycles. The number of hydrogen-bond donors (Lipinski definition) is 1. The predicted molar refractivity (Wildman–Crippen MR) is 93.7 cm³/mol. The molecule has 1 N–H and O–H groups in total. The van der Waals surface area contributed by atoms with E-state index in [0.29, 0.717) is 28.0 Å². The van der Waals surface area contributed by atoms with Gasteiger partial charge in [0.05, 0.1) is 10.5 Å². The second kappa shape index (κ2) is 7.93. The molecule has 0 fully saturated rings. The molecule has 6 nitrogen and oxygen atoms in total. The Morgan fingerprint density at radius 2 is 1.84 bits per heavy atom. The average Bonchev–Trinajstić information content (AvgIpc) is 2.55. The van der Waals surface area contributed by atoms with E-state index in [-0.39, 0.29) is 11.3 Å². The smallest absolute Gasteiger partial charge is 0.288 e. The van der Waals surface area contributed by atoms with Crippen molar-refractivity contribution in [2.45, 2.75) is 10.7 Å². The van der Waals surface area contributed by atoms with Crippen molar-refractivity contribution in [3.8, 4) is 0 Å². The summed E-state index contributed by atoms with van der Waals surface area (Å²) in [5.74, 6) is -3.05. The number of nitrogens with one attached hydrogen (secondary N) is 1. The monoisotopic (exact) mass is 367 g/mol. The van der Waals surface area contributed by atoms with Gasteiger partial charge in [-0.25, -0.2) is 0 Å². The highest BCUT2D eigenvalue weighted by atomic mass is 32.2. The number of carbonyl (C=O) groups is 1. The van der Waals surface area contributed by atoms with Crippen LogP contribution in [0, 0.1) is 10.1 Å². The van der Waals surface area contributed by atoms with Gasteiger partial charge in [-0.3, -0.25) is 14.9 Å². The molecule has 0 saturated carbocycles. The Kier molecular flexibility index (Phi) is 5.92. The van der Waals surface area contributed by atoms with Crippen LogP contribution in [-0.2, 0) is 0 Å². The van der Waals surface area contributed by atoms with Gasteiger partial charge in [0.1, 0.15) is 0 Å². The predicted octanol–water partition coefficient (Wildman–Crippen LogP) is 4.23. The normalized spacial score (nSPS) is 10.6. The number of rotatable bonds is 6. The van der Waals surface area contributed by atoms with E-state index in [0.717, 1.165) is 0 Å². The van der Waals surface area contributed by atoms with Crippen molar-refractivity contribution in [3.63, 3.8) is 0 Å². The summed E-state index contributed by atoms with van der Waals surface area (Å²) < 4.78 is 24.6. The highest BCUT2D eigenvalue weighted by Crippen LogP contribution is 2.28. The van der Waals surface area contributed by atoms with Crippen LogP contribution in [0.2, 0.25) is 0 Å². The number of carbonyl (C=O) groups excluding carboxylic acids is 1. The van der Waals surface area contributed by atoms with Gasteiger partial charge in [0.25, 0.3) is 17.4 Å². The fourth-order valence-corrected chi connectivity index (χ4v) is 2.63. The molecule has 0 aliphatic heterocycles. The van der Waals surface area contributed by atoms with Crippen LogP contribution < -0.4 is 10.2 Å². The number of anilines is 2. The largest absolute Gasteiger partial charge is 0.377 e. The number of nitro groups is 1. The van der Waals surface area contributed by atoms with Gasteiger partial charge in [-0.05, 0) is 30.3 Å². The Labute approximate surface area is 147 Å². The molecule has 0 saturated heterocycles. The Morgan fingerprint density at radius 3 is 2.36 bits per heavy atom. The maximum Gasteiger partial charge on any atom is 0.288 e. The molecule has 9 heteroatoms. The van der Waals surface area contributed by atoms with Gasteiger partial charge in [0.15, 0.2) is 0 Å². The van der Waals surface area contributed by atoms with Crippen molar-refractivity contribution >= 4 is 34.7 Å². The molecule has 1 amide bonds. The zero-order valence-electron chi connectivity index (χ0n) is 13.4. The van der Waals surface area contributed by atoms with Gasteiger partial charge in [0, 0.05) is 42.5 Å². The third kappa shape index (κ3) is 4.90. The van der Waals surface area contributed by atoms with Gasteiger partial charge in [0.2, 0.25) is 0 Å². The minimum atomic E-state index is -2.52. The molecular weight excluding hydrogens is 352 g/mol. The van der Waals surface area contributed by atoms with E-state index in [4.69, 9.17) is 0 Å². The van der Waals surface area contributed by atoms with Crippen LogP contribution in [0.5, 0.6) is 0 Å². The summed E-state index contributed by atoms with van der Waals surface area (Å²) in [5.41, 5.74) is 0.873. The zero-order valence-corrected chi connectivity index (χ0v) is 14.2. The summed E-state index contributed by atoms with van der Waals surface area (Å²) in [6.07, 6.45) is 0. The Bertz CT molecular complexity index is 783. The first kappa shape index (κ1) is 18.7. The summed E-state index contributed by atoms with van der Waals surface area (Å²) in [5, 5.41) is 13.6. The van der Waals surface area contributed by atoms with Crippen molar-refractivity contribution in [1.82, 2.24) is 0 Å². The van der Waals surface area contributed by atoms with Crippen LogP contribution in [0.4, 0.5) is 25.8 Å². The quantitative estimate of drug-likeness (QED) is 0.470. The number of hydrogen-bond acceptors (Lipinski definition) is 5. The third-order valence-electron chi connectivity index (χ3n) is 3.25. The lowest BCUT2D eigenvalue weighted by atomic mass is 10.1. The summed E-state index contributed by atoms with van der Waals surface area (Å²) >= 11 is 0.406. The molecule has 2 aromatic rings. The first-order valence-electron chi connectivity index (χ1n) is 7.10. The standard InChI is InChI=1S/C16H15F2N3O3S/c1-20(2)14-8-5-11(21(23)24)9-13(14)15(22)19-10-3-6-12(7-4-10)25-16(17)18/h3-9,16H,1-2H3,(H,19,22). The molecule has 0 unspecified atom stereocenters. The van der Waals surface area contributed by atoms with Crippen LogP contribution in [0.1, 0.15) is 10.4 Å². The van der Waals surface area contributed by atoms with Crippen molar-refractivity contribution in [2.75, 3.05) is 24.3 Å². The lowest BCUT2D eigenvalue weighted by Gasteiger charge is -2.17. The van der Waals surface area contributed by atoms with Gasteiger partial charge in [-0.15, -0.1) is 0 Å². The van der Waals surface area contributed by atoms with E-state index in [1.54, 1.807) is 19.0 Å². The molecular formula is C16H15F2N3O3S. The van der Waals surface area contributed by atoms with Crippen molar-refractivity contribution < 1.29 is 18.5 Å². The van der Waals surface area contributed by atoms with Crippen LogP contribution in [0.3, 0.4) is 0 Å². The van der Waals surface area contributed by atoms with E-state index >= 15 is 0 Å². The molecule has 0 aliphatic carbocycles. The summed E-state index contributed by atoms with van der Waals surface area (Å²) in [6.45, 7) is 0. The molecule has 2 rings (SSSR count). The fourth-order valence-electron chi connectivity index (χ4n) is 2.13. The first-order valence-corrected chi connectivity index (χ1v) is 7.98. The van der Waals surface area contributed by atoms with E-state index < -0.39 is 16.6 Å². The number of benzene rings is 2. The second-order valence-electron chi connectivity index (χ2n) is 5.21. The maximum atomic E-state index is 12.5. The molecule has 2 aromatic carbocycles. The van der Waals surface area contributed by atoms with Gasteiger partial charge in [-0.2, -0.15) is 8.78 Å².